The number of benzene rings is 2. The van der Waals surface area contributed by atoms with E-state index in [1.807, 2.05) is 12.1 Å². The van der Waals surface area contributed by atoms with Crippen molar-refractivity contribution < 1.29 is 4.74 Å². The van der Waals surface area contributed by atoms with E-state index in [0.29, 0.717) is 12.5 Å². The van der Waals surface area contributed by atoms with Gasteiger partial charge in [0.15, 0.2) is 0 Å². The molecule has 0 aliphatic heterocycles. The minimum absolute atomic E-state index is 0.194. The highest BCUT2D eigenvalue weighted by Gasteiger charge is 2.10. The number of anilines is 1. The smallest absolute Gasteiger partial charge is 0.120 e. The van der Waals surface area contributed by atoms with Crippen LogP contribution in [0.15, 0.2) is 67.0 Å². The molecule has 0 spiro atoms. The summed E-state index contributed by atoms with van der Waals surface area (Å²) in [5.41, 5.74) is 6.11. The standard InChI is InChI=1S/C24H28N2O/c1-17(2)23-7-5-6-8-24(23)20-13-18(3)14-22(15-20)27-16-19(4)26-21-9-11-25-12-10-21/h5-15,17,19H,16H2,1-4H3,(H,25,26). The lowest BCUT2D eigenvalue weighted by Gasteiger charge is -2.18. The van der Waals surface area contributed by atoms with Crippen LogP contribution in [-0.2, 0) is 0 Å². The maximum absolute atomic E-state index is 6.11. The Labute approximate surface area is 162 Å². The molecule has 0 saturated carbocycles. The average Bonchev–Trinajstić information content (AvgIpc) is 2.67. The van der Waals surface area contributed by atoms with Crippen molar-refractivity contribution in [3.8, 4) is 16.9 Å². The molecular weight excluding hydrogens is 332 g/mol. The predicted molar refractivity (Wildman–Crippen MR) is 114 cm³/mol. The SMILES string of the molecule is Cc1cc(OCC(C)Nc2ccncc2)cc(-c2ccccc2C(C)C)c1. The van der Waals surface area contributed by atoms with Crippen LogP contribution in [0, 0.1) is 6.92 Å². The largest absolute Gasteiger partial charge is 0.491 e. The zero-order valence-electron chi connectivity index (χ0n) is 16.6. The molecule has 1 atom stereocenters. The van der Waals surface area contributed by atoms with Crippen molar-refractivity contribution in [2.24, 2.45) is 0 Å². The molecule has 0 saturated heterocycles. The van der Waals surface area contributed by atoms with Crippen molar-refractivity contribution >= 4 is 5.69 Å². The molecule has 140 valence electrons. The quantitative estimate of drug-likeness (QED) is 0.556. The molecule has 3 rings (SSSR count). The number of hydrogen-bond donors (Lipinski definition) is 1. The first-order valence-corrected chi connectivity index (χ1v) is 9.53. The monoisotopic (exact) mass is 360 g/mol. The third-order valence-electron chi connectivity index (χ3n) is 4.54. The summed E-state index contributed by atoms with van der Waals surface area (Å²) in [6.07, 6.45) is 3.57. The fourth-order valence-corrected chi connectivity index (χ4v) is 3.25. The van der Waals surface area contributed by atoms with Crippen LogP contribution in [0.1, 0.15) is 37.8 Å². The van der Waals surface area contributed by atoms with Gasteiger partial charge in [-0.05, 0) is 66.3 Å². The lowest BCUT2D eigenvalue weighted by Crippen LogP contribution is -2.23. The number of rotatable bonds is 7. The van der Waals surface area contributed by atoms with Crippen molar-refractivity contribution in [2.45, 2.75) is 39.7 Å². The highest BCUT2D eigenvalue weighted by Crippen LogP contribution is 2.32. The number of pyridine rings is 1. The van der Waals surface area contributed by atoms with Gasteiger partial charge in [0.1, 0.15) is 12.4 Å². The van der Waals surface area contributed by atoms with Crippen LogP contribution in [0.4, 0.5) is 5.69 Å². The third-order valence-corrected chi connectivity index (χ3v) is 4.54. The zero-order chi connectivity index (χ0) is 19.2. The Hall–Kier alpha value is -2.81. The van der Waals surface area contributed by atoms with Crippen LogP contribution < -0.4 is 10.1 Å². The molecule has 1 aromatic heterocycles. The van der Waals surface area contributed by atoms with Crippen molar-refractivity contribution in [3.05, 3.63) is 78.1 Å². The van der Waals surface area contributed by atoms with Crippen LogP contribution >= 0.6 is 0 Å². The second-order valence-corrected chi connectivity index (χ2v) is 7.37. The maximum Gasteiger partial charge on any atom is 0.120 e. The van der Waals surface area contributed by atoms with Gasteiger partial charge >= 0.3 is 0 Å². The molecule has 1 unspecified atom stereocenters. The van der Waals surface area contributed by atoms with Crippen LogP contribution in [0.3, 0.4) is 0 Å². The summed E-state index contributed by atoms with van der Waals surface area (Å²) in [5, 5.41) is 3.43. The number of nitrogens with zero attached hydrogens (tertiary/aromatic N) is 1. The van der Waals surface area contributed by atoms with E-state index in [4.69, 9.17) is 4.74 Å². The van der Waals surface area contributed by atoms with E-state index in [1.165, 1.54) is 22.3 Å². The lowest BCUT2D eigenvalue weighted by atomic mass is 9.92. The van der Waals surface area contributed by atoms with Crippen LogP contribution in [-0.4, -0.2) is 17.6 Å². The predicted octanol–water partition coefficient (Wildman–Crippen LogP) is 6.06. The Bertz CT molecular complexity index is 875. The van der Waals surface area contributed by atoms with Gasteiger partial charge in [-0.3, -0.25) is 4.98 Å². The summed E-state index contributed by atoms with van der Waals surface area (Å²) in [5.74, 6) is 1.39. The molecule has 0 bridgehead atoms. The van der Waals surface area contributed by atoms with Crippen LogP contribution in [0.5, 0.6) is 5.75 Å². The van der Waals surface area contributed by atoms with E-state index in [1.54, 1.807) is 12.4 Å². The van der Waals surface area contributed by atoms with E-state index < -0.39 is 0 Å². The van der Waals surface area contributed by atoms with Crippen LogP contribution in [0.2, 0.25) is 0 Å². The Morgan fingerprint density at radius 3 is 2.44 bits per heavy atom. The number of nitrogens with one attached hydrogen (secondary N) is 1. The Morgan fingerprint density at radius 1 is 0.963 bits per heavy atom. The number of aryl methyl sites for hydroxylation is 1. The highest BCUT2D eigenvalue weighted by molar-refractivity contribution is 5.70. The molecule has 0 amide bonds. The molecule has 0 fully saturated rings. The average molecular weight is 361 g/mol. The summed E-state index contributed by atoms with van der Waals surface area (Å²) in [6.45, 7) is 9.30. The molecule has 1 heterocycles. The normalized spacial score (nSPS) is 12.0. The van der Waals surface area contributed by atoms with Crippen molar-refractivity contribution in [3.63, 3.8) is 0 Å². The van der Waals surface area contributed by atoms with Gasteiger partial charge in [-0.15, -0.1) is 0 Å². The Kier molecular flexibility index (Phi) is 6.12. The third kappa shape index (κ3) is 5.10. The molecule has 0 aliphatic carbocycles. The molecule has 2 aromatic carbocycles. The first-order valence-electron chi connectivity index (χ1n) is 9.53. The van der Waals surface area contributed by atoms with Crippen molar-refractivity contribution in [1.29, 1.82) is 0 Å². The summed E-state index contributed by atoms with van der Waals surface area (Å²) >= 11 is 0. The minimum atomic E-state index is 0.194. The number of aromatic nitrogens is 1. The summed E-state index contributed by atoms with van der Waals surface area (Å²) in [6, 6.07) is 19.2. The van der Waals surface area contributed by atoms with E-state index in [0.717, 1.165) is 11.4 Å². The second-order valence-electron chi connectivity index (χ2n) is 7.37. The molecule has 0 aliphatic rings. The number of ether oxygens (including phenoxy) is 1. The van der Waals surface area contributed by atoms with E-state index in [2.05, 4.69) is 80.5 Å². The van der Waals surface area contributed by atoms with E-state index >= 15 is 0 Å². The van der Waals surface area contributed by atoms with Gasteiger partial charge in [-0.25, -0.2) is 0 Å². The van der Waals surface area contributed by atoms with Gasteiger partial charge in [-0.1, -0.05) is 44.2 Å². The molecule has 3 aromatic rings. The van der Waals surface area contributed by atoms with Gasteiger partial charge in [0, 0.05) is 18.1 Å². The second kappa shape index (κ2) is 8.72. The maximum atomic E-state index is 6.11. The minimum Gasteiger partial charge on any atom is -0.491 e. The summed E-state index contributed by atoms with van der Waals surface area (Å²) < 4.78 is 6.11. The lowest BCUT2D eigenvalue weighted by molar-refractivity contribution is 0.304. The van der Waals surface area contributed by atoms with Gasteiger partial charge in [0.25, 0.3) is 0 Å². The fraction of sp³-hybridized carbons (Fsp3) is 0.292. The summed E-state index contributed by atoms with van der Waals surface area (Å²) in [4.78, 5) is 4.04. The first-order chi connectivity index (χ1) is 13.0. The topological polar surface area (TPSA) is 34.1 Å². The molecule has 27 heavy (non-hydrogen) atoms. The summed E-state index contributed by atoms with van der Waals surface area (Å²) in [7, 11) is 0. The van der Waals surface area contributed by atoms with E-state index in [9.17, 15) is 0 Å². The Balaban J connectivity index is 1.74. The van der Waals surface area contributed by atoms with Crippen molar-refractivity contribution in [2.75, 3.05) is 11.9 Å². The number of hydrogen-bond acceptors (Lipinski definition) is 3. The molecular formula is C24H28N2O. The van der Waals surface area contributed by atoms with E-state index in [-0.39, 0.29) is 6.04 Å². The molecule has 3 nitrogen and oxygen atoms in total. The highest BCUT2D eigenvalue weighted by atomic mass is 16.5. The van der Waals surface area contributed by atoms with Crippen molar-refractivity contribution in [1.82, 2.24) is 4.98 Å². The first kappa shape index (κ1) is 19.0. The van der Waals surface area contributed by atoms with Crippen LogP contribution in [0.25, 0.3) is 11.1 Å². The molecule has 3 heteroatoms. The Morgan fingerprint density at radius 2 is 1.70 bits per heavy atom. The zero-order valence-corrected chi connectivity index (χ0v) is 16.6. The van der Waals surface area contributed by atoms with Gasteiger partial charge in [0.2, 0.25) is 0 Å². The van der Waals surface area contributed by atoms with Gasteiger partial charge < -0.3 is 10.1 Å². The molecule has 1 N–H and O–H groups in total. The molecule has 0 radical (unpaired) electrons. The van der Waals surface area contributed by atoms with Gasteiger partial charge in [-0.2, -0.15) is 0 Å². The van der Waals surface area contributed by atoms with Gasteiger partial charge in [0.05, 0.1) is 6.04 Å². The fourth-order valence-electron chi connectivity index (χ4n) is 3.25.